The lowest BCUT2D eigenvalue weighted by Gasteiger charge is -2.51. The van der Waals surface area contributed by atoms with Crippen LogP contribution in [0.4, 0.5) is 0 Å². The van der Waals surface area contributed by atoms with E-state index in [0.717, 1.165) is 44.9 Å². The van der Waals surface area contributed by atoms with E-state index in [1.54, 1.807) is 17.1 Å². The van der Waals surface area contributed by atoms with Gasteiger partial charge in [-0.2, -0.15) is 0 Å². The molecule has 0 saturated heterocycles. The Morgan fingerprint density at radius 1 is 1.21 bits per heavy atom. The molecular formula is C27H43N3O4. The maximum atomic E-state index is 13.9. The van der Waals surface area contributed by atoms with E-state index in [-0.39, 0.29) is 52.8 Å². The highest BCUT2D eigenvalue weighted by molar-refractivity contribution is 5.86. The average Bonchev–Trinajstić information content (AvgIpc) is 3.41. The minimum atomic E-state index is -0.356. The third-order valence-electron chi connectivity index (χ3n) is 10.1. The Labute approximate surface area is 204 Å². The van der Waals surface area contributed by atoms with Crippen molar-refractivity contribution in [2.75, 3.05) is 13.2 Å². The summed E-state index contributed by atoms with van der Waals surface area (Å²) < 4.78 is 7.29. The topological polar surface area (TPSA) is 94.3 Å². The number of ether oxygens (including phenoxy) is 1. The molecule has 1 N–H and O–H groups in total. The molecule has 0 aromatic carbocycles. The average molecular weight is 474 g/mol. The molecule has 0 aliphatic heterocycles. The first kappa shape index (κ1) is 25.5. The van der Waals surface area contributed by atoms with Crippen LogP contribution in [-0.4, -0.2) is 51.0 Å². The molecule has 0 radical (unpaired) electrons. The Kier molecular flexibility index (Phi) is 7.63. The van der Waals surface area contributed by atoms with Crippen molar-refractivity contribution in [3.63, 3.8) is 0 Å². The predicted molar refractivity (Wildman–Crippen MR) is 129 cm³/mol. The molecule has 1 heterocycles. The van der Waals surface area contributed by atoms with E-state index < -0.39 is 0 Å². The van der Waals surface area contributed by atoms with Gasteiger partial charge in [0, 0.05) is 37.0 Å². The summed E-state index contributed by atoms with van der Waals surface area (Å²) in [5.41, 5.74) is -0.453. The second-order valence-corrected chi connectivity index (χ2v) is 11.8. The van der Waals surface area contributed by atoms with Crippen LogP contribution in [0.3, 0.4) is 0 Å². The Morgan fingerprint density at radius 2 is 1.97 bits per heavy atom. The maximum Gasteiger partial charge on any atom is 0.157 e. The molecule has 3 aliphatic rings. The predicted octanol–water partition coefficient (Wildman–Crippen LogP) is 4.09. The van der Waals surface area contributed by atoms with Crippen LogP contribution in [0.5, 0.6) is 0 Å². The van der Waals surface area contributed by atoms with Gasteiger partial charge in [0.1, 0.15) is 12.3 Å². The number of fused-ring (bicyclic) bond motifs is 2. The summed E-state index contributed by atoms with van der Waals surface area (Å²) in [7, 11) is 0. The van der Waals surface area contributed by atoms with E-state index in [4.69, 9.17) is 4.74 Å². The molecular weight excluding hydrogens is 430 g/mol. The van der Waals surface area contributed by atoms with Gasteiger partial charge in [0.05, 0.1) is 18.9 Å². The fraction of sp³-hybridized carbons (Fsp3) is 0.852. The molecule has 1 aromatic heterocycles. The van der Waals surface area contributed by atoms with Crippen LogP contribution in [0.15, 0.2) is 12.4 Å². The van der Waals surface area contributed by atoms with Gasteiger partial charge in [-0.15, -0.1) is 5.10 Å². The van der Waals surface area contributed by atoms with Crippen molar-refractivity contribution in [3.05, 3.63) is 12.4 Å². The van der Waals surface area contributed by atoms with Crippen molar-refractivity contribution < 1.29 is 19.4 Å². The third kappa shape index (κ3) is 4.75. The van der Waals surface area contributed by atoms with Gasteiger partial charge < -0.3 is 9.84 Å². The quantitative estimate of drug-likeness (QED) is 0.669. The lowest BCUT2D eigenvalue weighted by atomic mass is 9.54. The minimum absolute atomic E-state index is 0.0752. The zero-order valence-corrected chi connectivity index (χ0v) is 21.4. The van der Waals surface area contributed by atoms with Crippen LogP contribution in [0, 0.1) is 40.4 Å². The fourth-order valence-corrected chi connectivity index (χ4v) is 7.71. The maximum absolute atomic E-state index is 13.9. The van der Waals surface area contributed by atoms with E-state index in [9.17, 15) is 14.7 Å². The van der Waals surface area contributed by atoms with E-state index >= 15 is 0 Å². The number of aromatic nitrogens is 3. The van der Waals surface area contributed by atoms with Crippen LogP contribution >= 0.6 is 0 Å². The second kappa shape index (κ2) is 10.2. The van der Waals surface area contributed by atoms with Crippen LogP contribution in [-0.2, 0) is 20.9 Å². The van der Waals surface area contributed by atoms with Crippen LogP contribution in [0.2, 0.25) is 0 Å². The summed E-state index contributed by atoms with van der Waals surface area (Å²) in [5, 5.41) is 18.7. The molecule has 3 fully saturated rings. The third-order valence-corrected chi connectivity index (χ3v) is 10.1. The lowest BCUT2D eigenvalue weighted by Crippen LogP contribution is -2.50. The van der Waals surface area contributed by atoms with Crippen molar-refractivity contribution in [2.24, 2.45) is 40.4 Å². The molecule has 1 aromatic rings. The van der Waals surface area contributed by atoms with Crippen molar-refractivity contribution in [2.45, 2.75) is 91.7 Å². The van der Waals surface area contributed by atoms with Gasteiger partial charge in [0.2, 0.25) is 0 Å². The number of Topliss-reactive ketones (excluding diaryl/α,β-unsaturated/α-hetero) is 2. The van der Waals surface area contributed by atoms with Crippen molar-refractivity contribution in [3.8, 4) is 0 Å². The zero-order chi connectivity index (χ0) is 24.5. The minimum Gasteiger partial charge on any atom is -0.393 e. The number of carbonyl (C=O) groups excluding carboxylic acids is 2. The molecule has 1 unspecified atom stereocenters. The summed E-state index contributed by atoms with van der Waals surface area (Å²) >= 11 is 0. The summed E-state index contributed by atoms with van der Waals surface area (Å²) in [6, 6.07) is 0. The standard InChI is InChI=1S/C27H43N3O4/c1-5-34-17-19-14-26(3)18(2)24(32)15-27(4)20(7-6-8-21(26)13-23(19)31)9-10-22(27)25(33)16-30-12-11-28-29-30/h11-12,18-23,31H,5-10,13-17H2,1-4H3/t18-,19?,20-,21+,22-,23+,26-,27+/m1/s1. The van der Waals surface area contributed by atoms with Gasteiger partial charge in [-0.05, 0) is 68.1 Å². The first-order chi connectivity index (χ1) is 16.2. The van der Waals surface area contributed by atoms with E-state index in [2.05, 4.69) is 31.1 Å². The van der Waals surface area contributed by atoms with Gasteiger partial charge in [0.25, 0.3) is 0 Å². The number of carbonyl (C=O) groups is 2. The number of aliphatic hydroxyl groups is 1. The fourth-order valence-electron chi connectivity index (χ4n) is 7.71. The van der Waals surface area contributed by atoms with Gasteiger partial charge in [-0.3, -0.25) is 9.59 Å². The summed E-state index contributed by atoms with van der Waals surface area (Å²) in [6.45, 7) is 9.98. The van der Waals surface area contributed by atoms with Gasteiger partial charge >= 0.3 is 0 Å². The molecule has 8 atom stereocenters. The number of hydrogen-bond acceptors (Lipinski definition) is 6. The molecule has 34 heavy (non-hydrogen) atoms. The van der Waals surface area contributed by atoms with E-state index in [0.29, 0.717) is 31.5 Å². The van der Waals surface area contributed by atoms with Crippen molar-refractivity contribution in [1.82, 2.24) is 15.0 Å². The number of rotatable bonds is 6. The first-order valence-electron chi connectivity index (χ1n) is 13.3. The summed E-state index contributed by atoms with van der Waals surface area (Å²) in [5.74, 6) is 1.05. The highest BCUT2D eigenvalue weighted by atomic mass is 16.5. The lowest BCUT2D eigenvalue weighted by molar-refractivity contribution is -0.141. The SMILES string of the molecule is CCOCC1C[C@@]2(C)[C@@H](CCC[C@@H]3CC[C@H](C(=O)Cn4ccnn4)[C@@]3(C)CC(=O)[C@H]2C)C[C@@H]1O. The molecule has 4 rings (SSSR count). The number of nitrogens with zero attached hydrogens (tertiary/aromatic N) is 3. The first-order valence-corrected chi connectivity index (χ1v) is 13.3. The highest BCUT2D eigenvalue weighted by Gasteiger charge is 2.54. The van der Waals surface area contributed by atoms with Gasteiger partial charge in [0.15, 0.2) is 5.78 Å². The normalized spacial score (nSPS) is 41.0. The molecule has 3 aliphatic carbocycles. The van der Waals surface area contributed by atoms with E-state index in [1.165, 1.54) is 0 Å². The van der Waals surface area contributed by atoms with E-state index in [1.807, 2.05) is 6.92 Å². The number of ketones is 2. The van der Waals surface area contributed by atoms with Crippen LogP contribution in [0.25, 0.3) is 0 Å². The van der Waals surface area contributed by atoms with Crippen molar-refractivity contribution in [1.29, 1.82) is 0 Å². The smallest absolute Gasteiger partial charge is 0.157 e. The largest absolute Gasteiger partial charge is 0.393 e. The summed E-state index contributed by atoms with van der Waals surface area (Å²) in [6.07, 6.45) is 10.1. The van der Waals surface area contributed by atoms with Crippen molar-refractivity contribution >= 4 is 11.6 Å². The molecule has 7 heteroatoms. The Hall–Kier alpha value is -1.60. The summed E-state index contributed by atoms with van der Waals surface area (Å²) in [4.78, 5) is 27.2. The van der Waals surface area contributed by atoms with Gasteiger partial charge in [-0.1, -0.05) is 32.4 Å². The molecule has 0 spiro atoms. The van der Waals surface area contributed by atoms with Gasteiger partial charge in [-0.25, -0.2) is 4.68 Å². The zero-order valence-electron chi connectivity index (χ0n) is 21.4. The molecule has 190 valence electrons. The Balaban J connectivity index is 1.56. The number of aliphatic hydroxyl groups excluding tert-OH is 1. The monoisotopic (exact) mass is 473 g/mol. The second-order valence-electron chi connectivity index (χ2n) is 11.8. The van der Waals surface area contributed by atoms with Crippen LogP contribution < -0.4 is 0 Å². The molecule has 0 bridgehead atoms. The van der Waals surface area contributed by atoms with Crippen LogP contribution in [0.1, 0.15) is 79.1 Å². The Bertz CT molecular complexity index is 858. The molecule has 0 amide bonds. The number of hydrogen-bond donors (Lipinski definition) is 1. The highest BCUT2D eigenvalue weighted by Crippen LogP contribution is 2.57. The molecule has 7 nitrogen and oxygen atoms in total. The molecule has 3 saturated carbocycles. The Morgan fingerprint density at radius 3 is 2.68 bits per heavy atom.